The Hall–Kier alpha value is -0.760. The second-order valence-electron chi connectivity index (χ2n) is 5.37. The Kier molecular flexibility index (Phi) is 6.64. The maximum Gasteiger partial charge on any atom is 0.179 e. The van der Waals surface area contributed by atoms with E-state index in [9.17, 15) is 4.79 Å². The van der Waals surface area contributed by atoms with E-state index in [-0.39, 0.29) is 11.7 Å². The van der Waals surface area contributed by atoms with Crippen LogP contribution in [0.2, 0.25) is 0 Å². The lowest BCUT2D eigenvalue weighted by Gasteiger charge is -2.18. The molecule has 1 rings (SSSR count). The first-order valence-corrected chi connectivity index (χ1v) is 7.84. The Morgan fingerprint density at radius 2 is 2.05 bits per heavy atom. The van der Waals surface area contributed by atoms with Crippen molar-refractivity contribution in [3.05, 3.63) is 23.0 Å². The van der Waals surface area contributed by atoms with Crippen LogP contribution in [0.5, 0.6) is 0 Å². The van der Waals surface area contributed by atoms with Gasteiger partial charge < -0.3 is 4.57 Å². The summed E-state index contributed by atoms with van der Waals surface area (Å²) in [6, 6.07) is 1.98. The number of ketones is 1. The van der Waals surface area contributed by atoms with Crippen LogP contribution < -0.4 is 0 Å². The maximum atomic E-state index is 11.8. The van der Waals surface area contributed by atoms with Crippen LogP contribution in [0, 0.1) is 19.8 Å². The largest absolute Gasteiger partial charge is 0.348 e. The molecule has 1 aromatic rings. The molecular weight excluding hydrogens is 258 g/mol. The Labute approximate surface area is 122 Å². The number of unbranched alkanes of at least 4 members (excludes halogenated alkanes) is 1. The minimum Gasteiger partial charge on any atom is -0.348 e. The first-order valence-electron chi connectivity index (χ1n) is 7.30. The summed E-state index contributed by atoms with van der Waals surface area (Å²) in [6.45, 7) is 9.60. The van der Waals surface area contributed by atoms with E-state index in [4.69, 9.17) is 11.6 Å². The van der Waals surface area contributed by atoms with E-state index in [0.717, 1.165) is 17.8 Å². The molecule has 19 heavy (non-hydrogen) atoms. The zero-order chi connectivity index (χ0) is 14.4. The van der Waals surface area contributed by atoms with Gasteiger partial charge in [-0.2, -0.15) is 0 Å². The number of hydrogen-bond donors (Lipinski definition) is 0. The second kappa shape index (κ2) is 7.74. The molecule has 0 aliphatic carbocycles. The van der Waals surface area contributed by atoms with Crippen molar-refractivity contribution in [2.24, 2.45) is 5.92 Å². The average Bonchev–Trinajstić information content (AvgIpc) is 2.69. The smallest absolute Gasteiger partial charge is 0.179 e. The first-order chi connectivity index (χ1) is 9.04. The molecule has 0 saturated heterocycles. The number of halogens is 1. The van der Waals surface area contributed by atoms with Crippen molar-refractivity contribution in [2.75, 3.05) is 5.88 Å². The van der Waals surface area contributed by atoms with Gasteiger partial charge >= 0.3 is 0 Å². The third-order valence-corrected chi connectivity index (χ3v) is 4.22. The lowest BCUT2D eigenvalue weighted by atomic mass is 9.99. The summed E-state index contributed by atoms with van der Waals surface area (Å²) in [5, 5.41) is 0. The van der Waals surface area contributed by atoms with E-state index in [0.29, 0.717) is 5.92 Å². The molecule has 0 fully saturated rings. The summed E-state index contributed by atoms with van der Waals surface area (Å²) in [6.07, 6.45) is 4.99. The van der Waals surface area contributed by atoms with Gasteiger partial charge in [0.2, 0.25) is 0 Å². The van der Waals surface area contributed by atoms with Crippen LogP contribution in [0.25, 0.3) is 0 Å². The van der Waals surface area contributed by atoms with E-state index in [2.05, 4.69) is 25.3 Å². The highest BCUT2D eigenvalue weighted by molar-refractivity contribution is 6.30. The fourth-order valence-corrected chi connectivity index (χ4v) is 2.76. The van der Waals surface area contributed by atoms with Crippen LogP contribution in [0.4, 0.5) is 0 Å². The van der Waals surface area contributed by atoms with Crippen LogP contribution in [-0.4, -0.2) is 16.2 Å². The predicted molar refractivity (Wildman–Crippen MR) is 82.3 cm³/mol. The highest BCUT2D eigenvalue weighted by Crippen LogP contribution is 2.21. The number of Topliss-reactive ketones (excluding diaryl/α,β-unsaturated/α-hetero) is 1. The summed E-state index contributed by atoms with van der Waals surface area (Å²) < 4.78 is 2.28. The number of aromatic nitrogens is 1. The molecule has 1 heterocycles. The van der Waals surface area contributed by atoms with Gasteiger partial charge in [-0.25, -0.2) is 0 Å². The highest BCUT2D eigenvalue weighted by atomic mass is 35.5. The zero-order valence-corrected chi connectivity index (χ0v) is 13.4. The van der Waals surface area contributed by atoms with Gasteiger partial charge in [0.1, 0.15) is 0 Å². The molecule has 0 aromatic carbocycles. The monoisotopic (exact) mass is 283 g/mol. The van der Waals surface area contributed by atoms with Crippen LogP contribution in [0.3, 0.4) is 0 Å². The molecule has 1 atom stereocenters. The molecule has 0 N–H and O–H groups in total. The molecule has 0 bridgehead atoms. The van der Waals surface area contributed by atoms with Crippen molar-refractivity contribution in [1.82, 2.24) is 4.57 Å². The SMILES string of the molecule is CCCCC(CC)Cn1c(C)cc(C(=O)CCl)c1C. The number of nitrogens with zero attached hydrogens (tertiary/aromatic N) is 1. The van der Waals surface area contributed by atoms with Gasteiger partial charge in [-0.3, -0.25) is 4.79 Å². The van der Waals surface area contributed by atoms with Gasteiger partial charge in [0.15, 0.2) is 5.78 Å². The van der Waals surface area contributed by atoms with E-state index in [1.807, 2.05) is 13.0 Å². The van der Waals surface area contributed by atoms with Crippen LogP contribution in [0.1, 0.15) is 61.3 Å². The number of carbonyl (C=O) groups excluding carboxylic acids is 1. The third kappa shape index (κ3) is 4.10. The first kappa shape index (κ1) is 16.3. The minimum absolute atomic E-state index is 0.0302. The molecule has 2 nitrogen and oxygen atoms in total. The average molecular weight is 284 g/mol. The molecule has 0 radical (unpaired) electrons. The van der Waals surface area contributed by atoms with Crippen molar-refractivity contribution < 1.29 is 4.79 Å². The lowest BCUT2D eigenvalue weighted by Crippen LogP contribution is -2.13. The van der Waals surface area contributed by atoms with Crippen LogP contribution in [0.15, 0.2) is 6.07 Å². The fourth-order valence-electron chi connectivity index (χ4n) is 2.61. The Bertz CT molecular complexity index is 423. The Balaban J connectivity index is 2.88. The molecule has 0 spiro atoms. The van der Waals surface area contributed by atoms with E-state index in [1.165, 1.54) is 31.4 Å². The van der Waals surface area contributed by atoms with E-state index < -0.39 is 0 Å². The standard InChI is InChI=1S/C16H26ClNO/c1-5-7-8-14(6-2)11-18-12(3)9-15(13(18)4)16(19)10-17/h9,14H,5-8,10-11H2,1-4H3. The van der Waals surface area contributed by atoms with Gasteiger partial charge in [-0.15, -0.1) is 11.6 Å². The fraction of sp³-hybridized carbons (Fsp3) is 0.688. The quantitative estimate of drug-likeness (QED) is 0.499. The molecule has 0 amide bonds. The van der Waals surface area contributed by atoms with Crippen molar-refractivity contribution >= 4 is 17.4 Å². The van der Waals surface area contributed by atoms with Gasteiger partial charge in [0.25, 0.3) is 0 Å². The topological polar surface area (TPSA) is 22.0 Å². The van der Waals surface area contributed by atoms with Crippen molar-refractivity contribution in [1.29, 1.82) is 0 Å². The number of aryl methyl sites for hydroxylation is 1. The van der Waals surface area contributed by atoms with E-state index >= 15 is 0 Å². The van der Waals surface area contributed by atoms with Gasteiger partial charge in [0.05, 0.1) is 5.88 Å². The summed E-state index contributed by atoms with van der Waals surface area (Å²) in [4.78, 5) is 11.8. The van der Waals surface area contributed by atoms with Gasteiger partial charge in [-0.05, 0) is 32.3 Å². The Morgan fingerprint density at radius 3 is 2.58 bits per heavy atom. The summed E-state index contributed by atoms with van der Waals surface area (Å²) in [5.74, 6) is 0.795. The van der Waals surface area contributed by atoms with Crippen LogP contribution >= 0.6 is 11.6 Å². The summed E-state index contributed by atoms with van der Waals surface area (Å²) in [5.41, 5.74) is 3.02. The van der Waals surface area contributed by atoms with Crippen molar-refractivity contribution in [2.45, 2.75) is 59.9 Å². The summed E-state index contributed by atoms with van der Waals surface area (Å²) in [7, 11) is 0. The second-order valence-corrected chi connectivity index (χ2v) is 5.64. The Morgan fingerprint density at radius 1 is 1.37 bits per heavy atom. The minimum atomic E-state index is 0.0302. The summed E-state index contributed by atoms with van der Waals surface area (Å²) >= 11 is 5.66. The molecular formula is C16H26ClNO. The van der Waals surface area contributed by atoms with Gasteiger partial charge in [0, 0.05) is 23.5 Å². The number of hydrogen-bond acceptors (Lipinski definition) is 1. The molecule has 0 aliphatic heterocycles. The van der Waals surface area contributed by atoms with E-state index in [1.54, 1.807) is 0 Å². The van der Waals surface area contributed by atoms with Gasteiger partial charge in [-0.1, -0.05) is 33.1 Å². The third-order valence-electron chi connectivity index (χ3n) is 3.98. The number of alkyl halides is 1. The highest BCUT2D eigenvalue weighted by Gasteiger charge is 2.16. The predicted octanol–water partition coefficient (Wildman–Crippen LogP) is 4.74. The zero-order valence-electron chi connectivity index (χ0n) is 12.6. The number of carbonyl (C=O) groups is 1. The molecule has 3 heteroatoms. The molecule has 1 aromatic heterocycles. The molecule has 1 unspecified atom stereocenters. The number of rotatable bonds is 8. The van der Waals surface area contributed by atoms with Crippen molar-refractivity contribution in [3.63, 3.8) is 0 Å². The molecule has 0 saturated carbocycles. The van der Waals surface area contributed by atoms with Crippen LogP contribution in [-0.2, 0) is 6.54 Å². The van der Waals surface area contributed by atoms with Crippen molar-refractivity contribution in [3.8, 4) is 0 Å². The lowest BCUT2D eigenvalue weighted by molar-refractivity contribution is 0.102. The maximum absolute atomic E-state index is 11.8. The molecule has 108 valence electrons. The normalized spacial score (nSPS) is 12.7. The molecule has 0 aliphatic rings.